The average Bonchev–Trinajstić information content (AvgIpc) is 3.53. The first-order valence-electron chi connectivity index (χ1n) is 13.6. The van der Waals surface area contributed by atoms with Crippen LogP contribution in [-0.4, -0.2) is 66.9 Å². The number of carbonyl (C=O) groups is 1. The van der Waals surface area contributed by atoms with E-state index in [0.29, 0.717) is 28.6 Å². The highest BCUT2D eigenvalue weighted by atomic mass is 16.5. The summed E-state index contributed by atoms with van der Waals surface area (Å²) in [6.45, 7) is 5.40. The predicted molar refractivity (Wildman–Crippen MR) is 155 cm³/mol. The number of fused-ring (bicyclic) bond motifs is 2. The summed E-state index contributed by atoms with van der Waals surface area (Å²) in [5.74, 6) is 0.637. The summed E-state index contributed by atoms with van der Waals surface area (Å²) in [5, 5.41) is 9.63. The summed E-state index contributed by atoms with van der Waals surface area (Å²) in [4.78, 5) is 28.9. The quantitative estimate of drug-likeness (QED) is 0.314. The van der Waals surface area contributed by atoms with Crippen molar-refractivity contribution in [3.63, 3.8) is 0 Å². The fraction of sp³-hybridized carbons (Fsp3) is 0.345. The van der Waals surface area contributed by atoms with Gasteiger partial charge in [0.2, 0.25) is 0 Å². The third-order valence-corrected chi connectivity index (χ3v) is 7.70. The number of aromatic nitrogens is 6. The predicted octanol–water partition coefficient (Wildman–Crippen LogP) is 4.27. The Bertz CT molecular complexity index is 1700. The first kappa shape index (κ1) is 25.8. The van der Waals surface area contributed by atoms with Crippen LogP contribution >= 0.6 is 0 Å². The Morgan fingerprint density at radius 2 is 1.95 bits per heavy atom. The van der Waals surface area contributed by atoms with E-state index in [0.717, 1.165) is 66.5 Å². The van der Waals surface area contributed by atoms with E-state index < -0.39 is 0 Å². The second-order valence-electron chi connectivity index (χ2n) is 10.2. The van der Waals surface area contributed by atoms with Crippen LogP contribution in [0.5, 0.6) is 5.75 Å². The molecule has 1 aliphatic rings. The maximum Gasteiger partial charge on any atom is 0.272 e. The topological polar surface area (TPSA) is 129 Å². The van der Waals surface area contributed by atoms with Crippen LogP contribution < -0.4 is 15.8 Å². The van der Waals surface area contributed by atoms with E-state index in [1.807, 2.05) is 48.1 Å². The molecule has 1 saturated heterocycles. The van der Waals surface area contributed by atoms with Gasteiger partial charge in [0.15, 0.2) is 5.65 Å². The first-order valence-corrected chi connectivity index (χ1v) is 13.6. The van der Waals surface area contributed by atoms with Gasteiger partial charge >= 0.3 is 0 Å². The van der Waals surface area contributed by atoms with Gasteiger partial charge in [0.1, 0.15) is 34.9 Å². The maximum atomic E-state index is 13.2. The number of likely N-dealkylation sites (tertiary alicyclic amines) is 1. The van der Waals surface area contributed by atoms with Crippen molar-refractivity contribution < 1.29 is 9.53 Å². The van der Waals surface area contributed by atoms with Crippen LogP contribution in [0.15, 0.2) is 48.9 Å². The number of benzene rings is 1. The average molecular weight is 540 g/mol. The molecular formula is C29H33N9O2. The Morgan fingerprint density at radius 1 is 1.12 bits per heavy atom. The summed E-state index contributed by atoms with van der Waals surface area (Å²) in [7, 11) is 3.40. The summed E-state index contributed by atoms with van der Waals surface area (Å²) in [5.41, 5.74) is 10.4. The number of rotatable bonds is 7. The molecule has 5 heterocycles. The number of nitrogens with zero attached hydrogens (tertiary/aromatic N) is 7. The zero-order chi connectivity index (χ0) is 27.8. The first-order chi connectivity index (χ1) is 19.5. The number of nitrogen functional groups attached to an aromatic ring is 1. The van der Waals surface area contributed by atoms with E-state index in [1.165, 1.54) is 6.33 Å². The lowest BCUT2D eigenvalue weighted by atomic mass is 10.1. The standard InChI is InChI=1S/C29H33N9O2/c1-4-12-37-13-9-20(10-14-37)38-28-24(26(30)32-17-33-28)25(35-38)18-7-8-21(23(16-18)40-3)34-29(39)22-15-19-6-5-11-31-27(19)36(22)2/h5-8,11,15-17,20H,4,9-10,12-14H2,1-3H3,(H,34,39)(H2,30,32,33). The molecule has 0 aliphatic carbocycles. The molecule has 11 nitrogen and oxygen atoms in total. The van der Waals surface area contributed by atoms with Gasteiger partial charge in [-0.05, 0) is 56.1 Å². The maximum absolute atomic E-state index is 13.2. The Morgan fingerprint density at radius 3 is 2.70 bits per heavy atom. The molecule has 1 fully saturated rings. The van der Waals surface area contributed by atoms with Crippen molar-refractivity contribution in [3.05, 3.63) is 54.6 Å². The van der Waals surface area contributed by atoms with Gasteiger partial charge in [-0.1, -0.05) is 13.0 Å². The van der Waals surface area contributed by atoms with Gasteiger partial charge in [0.05, 0.1) is 24.2 Å². The van der Waals surface area contributed by atoms with Crippen molar-refractivity contribution in [2.45, 2.75) is 32.2 Å². The van der Waals surface area contributed by atoms with Crippen LogP contribution in [0, 0.1) is 0 Å². The van der Waals surface area contributed by atoms with Gasteiger partial charge in [0, 0.05) is 37.3 Å². The van der Waals surface area contributed by atoms with E-state index in [9.17, 15) is 4.79 Å². The van der Waals surface area contributed by atoms with Crippen LogP contribution in [0.4, 0.5) is 11.5 Å². The number of methoxy groups -OCH3 is 1. The van der Waals surface area contributed by atoms with Crippen molar-refractivity contribution in [3.8, 4) is 17.0 Å². The van der Waals surface area contributed by atoms with E-state index in [4.69, 9.17) is 15.6 Å². The van der Waals surface area contributed by atoms with Crippen molar-refractivity contribution >= 4 is 39.5 Å². The summed E-state index contributed by atoms with van der Waals surface area (Å²) < 4.78 is 9.49. The zero-order valence-corrected chi connectivity index (χ0v) is 23.0. The molecule has 3 N–H and O–H groups in total. The van der Waals surface area contributed by atoms with Crippen molar-refractivity contribution in [1.82, 2.24) is 34.2 Å². The summed E-state index contributed by atoms with van der Waals surface area (Å²) in [6.07, 6.45) is 6.36. The third kappa shape index (κ3) is 4.51. The minimum Gasteiger partial charge on any atom is -0.495 e. The van der Waals surface area contributed by atoms with E-state index >= 15 is 0 Å². The number of piperidine rings is 1. The number of carbonyl (C=O) groups excluding carboxylic acids is 1. The molecule has 1 aromatic carbocycles. The van der Waals surface area contributed by atoms with Gasteiger partial charge in [-0.2, -0.15) is 5.10 Å². The number of anilines is 2. The molecule has 0 radical (unpaired) electrons. The molecule has 1 aliphatic heterocycles. The van der Waals surface area contributed by atoms with Gasteiger partial charge in [0.25, 0.3) is 5.91 Å². The highest BCUT2D eigenvalue weighted by Gasteiger charge is 2.26. The van der Waals surface area contributed by atoms with Gasteiger partial charge in [-0.25, -0.2) is 19.6 Å². The number of nitrogens with two attached hydrogens (primary N) is 1. The Hall–Kier alpha value is -4.51. The number of hydrogen-bond acceptors (Lipinski definition) is 8. The molecule has 5 aromatic rings. The lowest BCUT2D eigenvalue weighted by Crippen LogP contribution is -2.35. The normalized spacial score (nSPS) is 14.7. The van der Waals surface area contributed by atoms with Crippen molar-refractivity contribution in [2.75, 3.05) is 37.8 Å². The summed E-state index contributed by atoms with van der Waals surface area (Å²) in [6, 6.07) is 11.4. The van der Waals surface area contributed by atoms with Gasteiger partial charge in [-0.15, -0.1) is 0 Å². The van der Waals surface area contributed by atoms with Crippen LogP contribution in [0.3, 0.4) is 0 Å². The molecule has 11 heteroatoms. The largest absolute Gasteiger partial charge is 0.495 e. The SMILES string of the molecule is CCCN1CCC(n2nc(-c3ccc(NC(=O)c4cc5cccnc5n4C)c(OC)c3)c3c(N)ncnc32)CC1. The molecule has 0 atom stereocenters. The smallest absolute Gasteiger partial charge is 0.272 e. The molecule has 4 aromatic heterocycles. The fourth-order valence-corrected chi connectivity index (χ4v) is 5.66. The molecular weight excluding hydrogens is 506 g/mol. The molecule has 1 amide bonds. The Kier molecular flexibility index (Phi) is 6.81. The van der Waals surface area contributed by atoms with E-state index in [2.05, 4.69) is 32.1 Å². The number of hydrogen-bond donors (Lipinski definition) is 2. The number of nitrogens with one attached hydrogen (secondary N) is 1. The Balaban J connectivity index is 1.32. The molecule has 0 spiro atoms. The second-order valence-corrected chi connectivity index (χ2v) is 10.2. The van der Waals surface area contributed by atoms with Crippen LogP contribution in [0.1, 0.15) is 42.7 Å². The zero-order valence-electron chi connectivity index (χ0n) is 23.0. The molecule has 0 saturated carbocycles. The monoisotopic (exact) mass is 539 g/mol. The number of amides is 1. The third-order valence-electron chi connectivity index (χ3n) is 7.70. The van der Waals surface area contributed by atoms with Gasteiger partial charge in [-0.3, -0.25) is 4.79 Å². The van der Waals surface area contributed by atoms with E-state index in [-0.39, 0.29) is 11.9 Å². The van der Waals surface area contributed by atoms with E-state index in [1.54, 1.807) is 17.9 Å². The molecule has 6 rings (SSSR count). The van der Waals surface area contributed by atoms with Crippen LogP contribution in [0.25, 0.3) is 33.3 Å². The summed E-state index contributed by atoms with van der Waals surface area (Å²) >= 11 is 0. The minimum atomic E-state index is -0.256. The van der Waals surface area contributed by atoms with Crippen molar-refractivity contribution in [2.24, 2.45) is 7.05 Å². The lowest BCUT2D eigenvalue weighted by Gasteiger charge is -2.31. The molecule has 40 heavy (non-hydrogen) atoms. The minimum absolute atomic E-state index is 0.231. The molecule has 206 valence electrons. The van der Waals surface area contributed by atoms with Crippen molar-refractivity contribution in [1.29, 1.82) is 0 Å². The number of aryl methyl sites for hydroxylation is 1. The van der Waals surface area contributed by atoms with Crippen LogP contribution in [0.2, 0.25) is 0 Å². The second kappa shape index (κ2) is 10.6. The fourth-order valence-electron chi connectivity index (χ4n) is 5.66. The highest BCUT2D eigenvalue weighted by Crippen LogP contribution is 2.37. The lowest BCUT2D eigenvalue weighted by molar-refractivity contribution is 0.101. The van der Waals surface area contributed by atoms with Gasteiger partial charge < -0.3 is 25.3 Å². The number of pyridine rings is 1. The highest BCUT2D eigenvalue weighted by molar-refractivity contribution is 6.07. The number of ether oxygens (including phenoxy) is 1. The Labute approximate surface area is 232 Å². The molecule has 0 bridgehead atoms. The molecule has 0 unspecified atom stereocenters. The van der Waals surface area contributed by atoms with Crippen LogP contribution in [-0.2, 0) is 7.05 Å².